The Morgan fingerprint density at radius 1 is 1.40 bits per heavy atom. The van der Waals surface area contributed by atoms with Gasteiger partial charge >= 0.3 is 0 Å². The highest BCUT2D eigenvalue weighted by Crippen LogP contribution is 2.15. The van der Waals surface area contributed by atoms with Crippen molar-refractivity contribution in [3.8, 4) is 5.75 Å². The minimum Gasteiger partial charge on any atom is -0.494 e. The van der Waals surface area contributed by atoms with Gasteiger partial charge in [-0.1, -0.05) is 18.2 Å². The maximum absolute atomic E-state index is 5.58. The van der Waals surface area contributed by atoms with Gasteiger partial charge in [-0.2, -0.15) is 0 Å². The molecule has 0 atom stereocenters. The maximum Gasteiger partial charge on any atom is 0.122 e. The van der Waals surface area contributed by atoms with Crippen LogP contribution in [0.5, 0.6) is 5.75 Å². The summed E-state index contributed by atoms with van der Waals surface area (Å²) in [5.41, 5.74) is 0.698. The lowest BCUT2D eigenvalue weighted by Crippen LogP contribution is -1.92. The summed E-state index contributed by atoms with van der Waals surface area (Å²) in [6.07, 6.45) is 0. The molecule has 0 fully saturated rings. The van der Waals surface area contributed by atoms with Crippen molar-refractivity contribution in [1.29, 1.82) is 0 Å². The molecule has 1 heteroatoms. The zero-order valence-electron chi connectivity index (χ0n) is 6.00. The molecule has 0 saturated heterocycles. The Morgan fingerprint density at radius 3 is 2.70 bits per heavy atom. The third-order valence-corrected chi connectivity index (χ3v) is 1.22. The standard InChI is InChI=1S/C9H10O/c1-3-10-9-7-5-4-6-8(9)2/h2,4-7H,3H2,1H3. The topological polar surface area (TPSA) is 9.23 Å². The van der Waals surface area contributed by atoms with Gasteiger partial charge in [0.15, 0.2) is 0 Å². The van der Waals surface area contributed by atoms with E-state index in [-0.39, 0.29) is 0 Å². The smallest absolute Gasteiger partial charge is 0.122 e. The lowest BCUT2D eigenvalue weighted by atomic mass is 10.2. The molecule has 0 aromatic heterocycles. The van der Waals surface area contributed by atoms with Gasteiger partial charge in [0, 0.05) is 6.92 Å². The van der Waals surface area contributed by atoms with E-state index in [0.717, 1.165) is 5.75 Å². The largest absolute Gasteiger partial charge is 0.494 e. The minimum absolute atomic E-state index is 0.661. The molecule has 1 rings (SSSR count). The van der Waals surface area contributed by atoms with Crippen LogP contribution in [0, 0.1) is 6.92 Å². The summed E-state index contributed by atoms with van der Waals surface area (Å²) in [6.45, 7) is 8.18. The normalized spacial score (nSPS) is 9.40. The Hall–Kier alpha value is -0.980. The molecule has 52 valence electrons. The summed E-state index contributed by atoms with van der Waals surface area (Å²) in [4.78, 5) is 0. The van der Waals surface area contributed by atoms with Gasteiger partial charge in [0.05, 0.1) is 6.61 Å². The summed E-state index contributed by atoms with van der Waals surface area (Å²) >= 11 is 0. The van der Waals surface area contributed by atoms with Crippen LogP contribution >= 0.6 is 0 Å². The first-order valence-corrected chi connectivity index (χ1v) is 3.32. The molecule has 2 radical (unpaired) electrons. The second kappa shape index (κ2) is 3.25. The molecule has 0 N–H and O–H groups in total. The van der Waals surface area contributed by atoms with Gasteiger partial charge in [0.25, 0.3) is 0 Å². The number of ether oxygens (including phenoxy) is 1. The highest BCUT2D eigenvalue weighted by atomic mass is 16.5. The Labute approximate surface area is 61.6 Å². The van der Waals surface area contributed by atoms with Crippen LogP contribution in [-0.2, 0) is 0 Å². The van der Waals surface area contributed by atoms with Crippen molar-refractivity contribution in [2.75, 3.05) is 6.61 Å². The van der Waals surface area contributed by atoms with Crippen molar-refractivity contribution in [1.82, 2.24) is 0 Å². The molecule has 1 nitrogen and oxygen atoms in total. The van der Waals surface area contributed by atoms with E-state index in [0.29, 0.717) is 12.2 Å². The number of benzene rings is 1. The lowest BCUT2D eigenvalue weighted by molar-refractivity contribution is 0.339. The van der Waals surface area contributed by atoms with Gasteiger partial charge in [-0.05, 0) is 18.6 Å². The monoisotopic (exact) mass is 134 g/mol. The van der Waals surface area contributed by atoms with Crippen molar-refractivity contribution in [3.63, 3.8) is 0 Å². The molecule has 0 spiro atoms. The van der Waals surface area contributed by atoms with E-state index in [2.05, 4.69) is 0 Å². The average Bonchev–Trinajstić information content (AvgIpc) is 1.94. The van der Waals surface area contributed by atoms with Crippen molar-refractivity contribution >= 4 is 0 Å². The van der Waals surface area contributed by atoms with E-state index in [4.69, 9.17) is 11.7 Å². The SMILES string of the molecule is [CH]c1ccccc1OCC. The first-order chi connectivity index (χ1) is 4.84. The molecule has 0 amide bonds. The average molecular weight is 134 g/mol. The fourth-order valence-electron chi connectivity index (χ4n) is 0.767. The predicted octanol–water partition coefficient (Wildman–Crippen LogP) is 2.14. The van der Waals surface area contributed by atoms with Crippen molar-refractivity contribution in [2.24, 2.45) is 0 Å². The van der Waals surface area contributed by atoms with Crippen LogP contribution < -0.4 is 4.74 Å². The minimum atomic E-state index is 0.661. The first-order valence-electron chi connectivity index (χ1n) is 3.32. The van der Waals surface area contributed by atoms with Gasteiger partial charge in [-0.25, -0.2) is 0 Å². The second-order valence-electron chi connectivity index (χ2n) is 1.97. The molecule has 1 aromatic carbocycles. The summed E-state index contributed by atoms with van der Waals surface area (Å²) < 4.78 is 5.21. The molecule has 0 saturated carbocycles. The van der Waals surface area contributed by atoms with Crippen LogP contribution in [0.1, 0.15) is 12.5 Å². The highest BCUT2D eigenvalue weighted by molar-refractivity contribution is 5.35. The van der Waals surface area contributed by atoms with Gasteiger partial charge in [0.2, 0.25) is 0 Å². The number of para-hydroxylation sites is 1. The molecule has 0 heterocycles. The molecule has 0 bridgehead atoms. The summed E-state index contributed by atoms with van der Waals surface area (Å²) in [7, 11) is 0. The second-order valence-corrected chi connectivity index (χ2v) is 1.97. The predicted molar refractivity (Wildman–Crippen MR) is 41.0 cm³/mol. The number of rotatable bonds is 2. The molecular weight excluding hydrogens is 124 g/mol. The van der Waals surface area contributed by atoms with Gasteiger partial charge in [-0.15, -0.1) is 0 Å². The van der Waals surface area contributed by atoms with E-state index in [1.54, 1.807) is 0 Å². The van der Waals surface area contributed by atoms with E-state index < -0.39 is 0 Å². The first kappa shape index (κ1) is 7.13. The Kier molecular flexibility index (Phi) is 2.32. The molecule has 0 aliphatic carbocycles. The molecule has 0 aliphatic heterocycles. The fourth-order valence-corrected chi connectivity index (χ4v) is 0.767. The van der Waals surface area contributed by atoms with E-state index in [1.807, 2.05) is 31.2 Å². The quantitative estimate of drug-likeness (QED) is 0.602. The Bertz CT molecular complexity index is 206. The van der Waals surface area contributed by atoms with E-state index >= 15 is 0 Å². The van der Waals surface area contributed by atoms with Crippen molar-refractivity contribution in [2.45, 2.75) is 6.92 Å². The lowest BCUT2D eigenvalue weighted by Gasteiger charge is -2.04. The van der Waals surface area contributed by atoms with Gasteiger partial charge in [-0.3, -0.25) is 0 Å². The molecule has 0 unspecified atom stereocenters. The third kappa shape index (κ3) is 1.50. The molecular formula is C9H10O. The highest BCUT2D eigenvalue weighted by Gasteiger charge is 1.93. The Morgan fingerprint density at radius 2 is 2.10 bits per heavy atom. The van der Waals surface area contributed by atoms with Crippen LogP contribution in [0.25, 0.3) is 0 Å². The van der Waals surface area contributed by atoms with Crippen LogP contribution in [0.4, 0.5) is 0 Å². The van der Waals surface area contributed by atoms with Gasteiger partial charge < -0.3 is 4.74 Å². The summed E-state index contributed by atoms with van der Waals surface area (Å²) in [6, 6.07) is 7.48. The number of hydrogen-bond acceptors (Lipinski definition) is 1. The molecule has 0 aliphatic rings. The van der Waals surface area contributed by atoms with Gasteiger partial charge in [0.1, 0.15) is 5.75 Å². The van der Waals surface area contributed by atoms with Crippen LogP contribution in [-0.4, -0.2) is 6.61 Å². The fraction of sp³-hybridized carbons (Fsp3) is 0.222. The number of hydrogen-bond donors (Lipinski definition) is 0. The maximum atomic E-state index is 5.58. The van der Waals surface area contributed by atoms with E-state index in [9.17, 15) is 0 Å². The summed E-state index contributed by atoms with van der Waals surface area (Å²) in [5.74, 6) is 0.769. The third-order valence-electron chi connectivity index (χ3n) is 1.22. The van der Waals surface area contributed by atoms with Crippen LogP contribution in [0.2, 0.25) is 0 Å². The van der Waals surface area contributed by atoms with Crippen LogP contribution in [0.3, 0.4) is 0 Å². The van der Waals surface area contributed by atoms with Crippen LogP contribution in [0.15, 0.2) is 24.3 Å². The zero-order valence-corrected chi connectivity index (χ0v) is 6.00. The molecule has 1 aromatic rings. The van der Waals surface area contributed by atoms with Crippen molar-refractivity contribution < 1.29 is 4.74 Å². The summed E-state index contributed by atoms with van der Waals surface area (Å²) in [5, 5.41) is 0. The van der Waals surface area contributed by atoms with E-state index in [1.165, 1.54) is 0 Å². The zero-order chi connectivity index (χ0) is 7.40. The molecule has 10 heavy (non-hydrogen) atoms. The Balaban J connectivity index is 2.81. The van der Waals surface area contributed by atoms with Crippen molar-refractivity contribution in [3.05, 3.63) is 36.8 Å².